The number of nitrogens with zero attached hydrogens (tertiary/aromatic N) is 1. The number of pyridine rings is 1. The summed E-state index contributed by atoms with van der Waals surface area (Å²) in [5.41, 5.74) is 3.14. The molecule has 1 heterocycles. The number of hydrogen-bond donors (Lipinski definition) is 2. The molecule has 2 amide bonds. The molecule has 3 aromatic rings. The monoisotopic (exact) mass is 463 g/mol. The molecule has 0 bridgehead atoms. The molecule has 2 N–H and O–H groups in total. The molecule has 1 aliphatic rings. The number of ether oxygens (including phenoxy) is 2. The van der Waals surface area contributed by atoms with Gasteiger partial charge in [0, 0.05) is 29.6 Å². The second-order valence-electron chi connectivity index (χ2n) is 9.04. The van der Waals surface area contributed by atoms with Crippen molar-refractivity contribution in [2.24, 2.45) is 0 Å². The third-order valence-electron chi connectivity index (χ3n) is 6.50. The highest BCUT2D eigenvalue weighted by Gasteiger charge is 2.22. The smallest absolute Gasteiger partial charge is 0.318 e. The summed E-state index contributed by atoms with van der Waals surface area (Å²) in [5.74, 6) is 1.13. The minimum atomic E-state index is -0.223. The number of nitrogens with one attached hydrogen (secondary N) is 2. The lowest BCUT2D eigenvalue weighted by Crippen LogP contribution is -2.45. The fourth-order valence-corrected chi connectivity index (χ4v) is 4.53. The number of benzene rings is 2. The number of H-pyrrole nitrogens is 1. The first-order valence-corrected chi connectivity index (χ1v) is 11.9. The molecular formula is C27H33N3O4. The van der Waals surface area contributed by atoms with E-state index in [2.05, 4.69) is 10.3 Å². The number of methoxy groups -OCH3 is 2. The molecule has 1 aliphatic carbocycles. The number of aromatic amines is 1. The van der Waals surface area contributed by atoms with Crippen molar-refractivity contribution in [1.82, 2.24) is 15.2 Å². The van der Waals surface area contributed by atoms with Gasteiger partial charge in [-0.05, 0) is 37.5 Å². The number of urea groups is 1. The van der Waals surface area contributed by atoms with E-state index in [1.54, 1.807) is 25.2 Å². The summed E-state index contributed by atoms with van der Waals surface area (Å²) < 4.78 is 10.8. The van der Waals surface area contributed by atoms with E-state index < -0.39 is 0 Å². The van der Waals surface area contributed by atoms with Gasteiger partial charge in [-0.1, -0.05) is 49.1 Å². The molecule has 7 heteroatoms. The summed E-state index contributed by atoms with van der Waals surface area (Å²) in [7, 11) is 3.14. The van der Waals surface area contributed by atoms with Crippen molar-refractivity contribution in [2.45, 2.75) is 58.2 Å². The van der Waals surface area contributed by atoms with Gasteiger partial charge in [0.05, 0.1) is 26.3 Å². The van der Waals surface area contributed by atoms with Gasteiger partial charge in [-0.3, -0.25) is 4.79 Å². The maximum Gasteiger partial charge on any atom is 0.318 e. The van der Waals surface area contributed by atoms with E-state index >= 15 is 0 Å². The molecule has 1 fully saturated rings. The van der Waals surface area contributed by atoms with Crippen LogP contribution in [0.25, 0.3) is 10.9 Å². The van der Waals surface area contributed by atoms with Crippen LogP contribution in [0.3, 0.4) is 0 Å². The van der Waals surface area contributed by atoms with E-state index in [0.717, 1.165) is 42.2 Å². The van der Waals surface area contributed by atoms with Crippen LogP contribution in [-0.2, 0) is 13.1 Å². The van der Waals surface area contributed by atoms with Crippen LogP contribution in [0.4, 0.5) is 4.79 Å². The molecule has 4 rings (SSSR count). The molecule has 2 aromatic carbocycles. The molecule has 34 heavy (non-hydrogen) atoms. The molecule has 180 valence electrons. The predicted molar refractivity (Wildman–Crippen MR) is 134 cm³/mol. The average molecular weight is 464 g/mol. The average Bonchev–Trinajstić information content (AvgIpc) is 2.85. The van der Waals surface area contributed by atoms with E-state index in [-0.39, 0.29) is 24.2 Å². The number of fused-ring (bicyclic) bond motifs is 1. The maximum absolute atomic E-state index is 13.3. The highest BCUT2D eigenvalue weighted by atomic mass is 16.5. The van der Waals surface area contributed by atoms with E-state index in [1.165, 1.54) is 6.42 Å². The summed E-state index contributed by atoms with van der Waals surface area (Å²) in [5, 5.41) is 4.01. The number of aromatic nitrogens is 1. The minimum Gasteiger partial charge on any atom is -0.493 e. The Hall–Kier alpha value is -3.48. The molecule has 7 nitrogen and oxygen atoms in total. The first-order valence-electron chi connectivity index (χ1n) is 11.9. The first-order chi connectivity index (χ1) is 16.5. The quantitative estimate of drug-likeness (QED) is 0.522. The molecule has 0 aliphatic heterocycles. The van der Waals surface area contributed by atoms with Crippen molar-refractivity contribution < 1.29 is 14.3 Å². The van der Waals surface area contributed by atoms with Crippen molar-refractivity contribution in [3.8, 4) is 11.5 Å². The topological polar surface area (TPSA) is 83.7 Å². The highest BCUT2D eigenvalue weighted by molar-refractivity contribution is 5.83. The standard InChI is InChI=1S/C27H33N3O4/c1-18-9-11-19(12-10-18)16-30(27(32)28-22-7-5-4-6-8-22)17-21-13-20-14-24(33-2)25(34-3)15-23(20)29-26(21)31/h9-15,22H,4-8,16-17H2,1-3H3,(H,28,32)(H,29,31). The Kier molecular flexibility index (Phi) is 7.40. The Bertz CT molecular complexity index is 1200. The van der Waals surface area contributed by atoms with E-state index in [4.69, 9.17) is 9.47 Å². The van der Waals surface area contributed by atoms with Gasteiger partial charge in [-0.2, -0.15) is 0 Å². The van der Waals surface area contributed by atoms with E-state index in [9.17, 15) is 9.59 Å². The minimum absolute atomic E-state index is 0.140. The Morgan fingerprint density at radius 3 is 2.35 bits per heavy atom. The van der Waals surface area contributed by atoms with Gasteiger partial charge in [0.2, 0.25) is 0 Å². The van der Waals surface area contributed by atoms with Crippen LogP contribution in [0.15, 0.2) is 47.3 Å². The van der Waals surface area contributed by atoms with Gasteiger partial charge in [-0.15, -0.1) is 0 Å². The predicted octanol–water partition coefficient (Wildman–Crippen LogP) is 4.90. The summed E-state index contributed by atoms with van der Waals surface area (Å²) in [6.07, 6.45) is 5.50. The van der Waals surface area contributed by atoms with Crippen molar-refractivity contribution in [3.63, 3.8) is 0 Å². The highest BCUT2D eigenvalue weighted by Crippen LogP contribution is 2.31. The zero-order chi connectivity index (χ0) is 24.1. The number of carbonyl (C=O) groups is 1. The van der Waals surface area contributed by atoms with Crippen LogP contribution < -0.4 is 20.3 Å². The molecular weight excluding hydrogens is 430 g/mol. The molecule has 0 spiro atoms. The molecule has 0 atom stereocenters. The van der Waals surface area contributed by atoms with Gasteiger partial charge < -0.3 is 24.7 Å². The lowest BCUT2D eigenvalue weighted by molar-refractivity contribution is 0.184. The summed E-state index contributed by atoms with van der Waals surface area (Å²) in [6.45, 7) is 2.66. The molecule has 1 aromatic heterocycles. The summed E-state index contributed by atoms with van der Waals surface area (Å²) in [6, 6.07) is 13.6. The van der Waals surface area contributed by atoms with Crippen LogP contribution >= 0.6 is 0 Å². The number of hydrogen-bond acceptors (Lipinski definition) is 4. The number of rotatable bonds is 7. The SMILES string of the molecule is COc1cc2cc(CN(Cc3ccc(C)cc3)C(=O)NC3CCCCC3)c(=O)[nH]c2cc1OC. The lowest BCUT2D eigenvalue weighted by atomic mass is 9.96. The third-order valence-corrected chi connectivity index (χ3v) is 6.50. The van der Waals surface area contributed by atoms with Crippen LogP contribution in [-0.4, -0.2) is 36.2 Å². The second kappa shape index (κ2) is 10.6. The van der Waals surface area contributed by atoms with Crippen molar-refractivity contribution >= 4 is 16.9 Å². The van der Waals surface area contributed by atoms with E-state index in [0.29, 0.717) is 29.1 Å². The van der Waals surface area contributed by atoms with Gasteiger partial charge >= 0.3 is 6.03 Å². The zero-order valence-electron chi connectivity index (χ0n) is 20.1. The summed E-state index contributed by atoms with van der Waals surface area (Å²) in [4.78, 5) is 30.9. The van der Waals surface area contributed by atoms with Crippen molar-refractivity contribution in [2.75, 3.05) is 14.2 Å². The number of amides is 2. The Balaban J connectivity index is 1.63. The van der Waals surface area contributed by atoms with Gasteiger partial charge in [0.15, 0.2) is 11.5 Å². The lowest BCUT2D eigenvalue weighted by Gasteiger charge is -2.28. The Labute approximate surface area is 200 Å². The largest absolute Gasteiger partial charge is 0.493 e. The Morgan fingerprint density at radius 2 is 1.68 bits per heavy atom. The normalized spacial score (nSPS) is 14.1. The van der Waals surface area contributed by atoms with Crippen LogP contribution in [0.1, 0.15) is 48.8 Å². The Morgan fingerprint density at radius 1 is 1.00 bits per heavy atom. The summed E-state index contributed by atoms with van der Waals surface area (Å²) >= 11 is 0. The maximum atomic E-state index is 13.3. The number of aryl methyl sites for hydroxylation is 1. The van der Waals surface area contributed by atoms with Gasteiger partial charge in [0.25, 0.3) is 5.56 Å². The molecule has 1 saturated carbocycles. The molecule has 0 radical (unpaired) electrons. The third kappa shape index (κ3) is 5.53. The van der Waals surface area contributed by atoms with Crippen LogP contribution in [0, 0.1) is 6.92 Å². The fraction of sp³-hybridized carbons (Fsp3) is 0.407. The van der Waals surface area contributed by atoms with Crippen LogP contribution in [0.2, 0.25) is 0 Å². The first kappa shape index (κ1) is 23.7. The van der Waals surface area contributed by atoms with E-state index in [1.807, 2.05) is 43.3 Å². The molecule has 0 unspecified atom stereocenters. The van der Waals surface area contributed by atoms with Crippen molar-refractivity contribution in [1.29, 1.82) is 0 Å². The van der Waals surface area contributed by atoms with Gasteiger partial charge in [0.1, 0.15) is 0 Å². The van der Waals surface area contributed by atoms with Crippen molar-refractivity contribution in [3.05, 3.63) is 69.5 Å². The second-order valence-corrected chi connectivity index (χ2v) is 9.04. The molecule has 0 saturated heterocycles. The zero-order valence-corrected chi connectivity index (χ0v) is 20.1. The number of carbonyl (C=O) groups excluding carboxylic acids is 1. The van der Waals surface area contributed by atoms with Crippen LogP contribution in [0.5, 0.6) is 11.5 Å². The van der Waals surface area contributed by atoms with Gasteiger partial charge in [-0.25, -0.2) is 4.79 Å². The fourth-order valence-electron chi connectivity index (χ4n) is 4.53.